The standard InChI is InChI=1S/C16H11F4N3O2S/c17-11-5-1-9(2-6-11)13-14(22-23-15(13)16(18,19)20)10-3-7-12(8-4-10)26(21,24)25/h1-8H,(H,22,23)(H2,21,24,25). The highest BCUT2D eigenvalue weighted by atomic mass is 32.2. The highest BCUT2D eigenvalue weighted by molar-refractivity contribution is 7.89. The van der Waals surface area contributed by atoms with Crippen molar-refractivity contribution in [1.29, 1.82) is 0 Å². The summed E-state index contributed by atoms with van der Waals surface area (Å²) >= 11 is 0. The zero-order chi connectivity index (χ0) is 19.1. The number of H-pyrrole nitrogens is 1. The minimum atomic E-state index is -4.71. The number of primary sulfonamides is 1. The van der Waals surface area contributed by atoms with Gasteiger partial charge in [-0.3, -0.25) is 5.10 Å². The highest BCUT2D eigenvalue weighted by Gasteiger charge is 2.38. The van der Waals surface area contributed by atoms with Crippen molar-refractivity contribution in [3.63, 3.8) is 0 Å². The van der Waals surface area contributed by atoms with Gasteiger partial charge in [-0.1, -0.05) is 24.3 Å². The first-order valence-corrected chi connectivity index (χ1v) is 8.67. The molecule has 0 unspecified atom stereocenters. The Kier molecular flexibility index (Phi) is 4.32. The van der Waals surface area contributed by atoms with Crippen LogP contribution in [0.4, 0.5) is 17.6 Å². The monoisotopic (exact) mass is 385 g/mol. The molecule has 3 N–H and O–H groups in total. The third-order valence-corrected chi connectivity index (χ3v) is 4.57. The Morgan fingerprint density at radius 1 is 0.923 bits per heavy atom. The lowest BCUT2D eigenvalue weighted by molar-refractivity contribution is -0.140. The minimum absolute atomic E-state index is 0.0510. The molecule has 0 aliphatic rings. The molecule has 0 atom stereocenters. The fraction of sp³-hybridized carbons (Fsp3) is 0.0625. The number of rotatable bonds is 3. The van der Waals surface area contributed by atoms with Gasteiger partial charge in [-0.05, 0) is 29.8 Å². The summed E-state index contributed by atoms with van der Waals surface area (Å²) in [5.74, 6) is -0.593. The molecular weight excluding hydrogens is 374 g/mol. The molecule has 1 heterocycles. The number of nitrogens with one attached hydrogen (secondary N) is 1. The van der Waals surface area contributed by atoms with Crippen LogP contribution in [0.5, 0.6) is 0 Å². The van der Waals surface area contributed by atoms with Crippen molar-refractivity contribution >= 4 is 10.0 Å². The number of sulfonamides is 1. The van der Waals surface area contributed by atoms with Crippen molar-refractivity contribution < 1.29 is 26.0 Å². The average Bonchev–Trinajstić information content (AvgIpc) is 3.00. The summed E-state index contributed by atoms with van der Waals surface area (Å²) in [6.07, 6.45) is -4.71. The number of alkyl halides is 3. The molecule has 10 heteroatoms. The van der Waals surface area contributed by atoms with Crippen molar-refractivity contribution in [2.75, 3.05) is 0 Å². The summed E-state index contributed by atoms with van der Waals surface area (Å²) in [6, 6.07) is 9.41. The molecular formula is C16H11F4N3O2S. The Hall–Kier alpha value is -2.72. The fourth-order valence-corrected chi connectivity index (χ4v) is 2.97. The second-order valence-corrected chi connectivity index (χ2v) is 6.96. The van der Waals surface area contributed by atoms with E-state index in [9.17, 15) is 26.0 Å². The Labute approximate surface area is 145 Å². The molecule has 136 valence electrons. The molecule has 2 aromatic carbocycles. The van der Waals surface area contributed by atoms with E-state index in [1.54, 1.807) is 0 Å². The normalized spacial score (nSPS) is 12.3. The minimum Gasteiger partial charge on any atom is -0.272 e. The van der Waals surface area contributed by atoms with Crippen molar-refractivity contribution in [3.8, 4) is 22.4 Å². The van der Waals surface area contributed by atoms with Crippen LogP contribution >= 0.6 is 0 Å². The molecule has 0 spiro atoms. The highest BCUT2D eigenvalue weighted by Crippen LogP contribution is 2.41. The quantitative estimate of drug-likeness (QED) is 0.676. The summed E-state index contributed by atoms with van der Waals surface area (Å²) in [7, 11) is -3.94. The number of aromatic amines is 1. The predicted molar refractivity (Wildman–Crippen MR) is 85.8 cm³/mol. The number of hydrogen-bond acceptors (Lipinski definition) is 3. The summed E-state index contributed by atoms with van der Waals surface area (Å²) in [5.41, 5.74) is -1.05. The average molecular weight is 385 g/mol. The van der Waals surface area contributed by atoms with E-state index in [4.69, 9.17) is 5.14 Å². The van der Waals surface area contributed by atoms with Gasteiger partial charge in [-0.25, -0.2) is 17.9 Å². The van der Waals surface area contributed by atoms with Gasteiger partial charge >= 0.3 is 6.18 Å². The van der Waals surface area contributed by atoms with E-state index in [1.165, 1.54) is 36.4 Å². The van der Waals surface area contributed by atoms with Gasteiger partial charge in [0.05, 0.1) is 4.90 Å². The number of halogens is 4. The van der Waals surface area contributed by atoms with Crippen molar-refractivity contribution in [2.45, 2.75) is 11.1 Å². The lowest BCUT2D eigenvalue weighted by Crippen LogP contribution is -2.11. The molecule has 1 aromatic heterocycles. The number of nitrogens with zero attached hydrogens (tertiary/aromatic N) is 1. The third kappa shape index (κ3) is 3.46. The van der Waals surface area contributed by atoms with E-state index in [0.717, 1.165) is 12.1 Å². The van der Waals surface area contributed by atoms with Gasteiger partial charge in [-0.15, -0.1) is 0 Å². The van der Waals surface area contributed by atoms with Gasteiger partial charge < -0.3 is 0 Å². The van der Waals surface area contributed by atoms with Crippen molar-refractivity contribution in [2.24, 2.45) is 5.14 Å². The maximum atomic E-state index is 13.3. The first-order chi connectivity index (χ1) is 12.1. The van der Waals surface area contributed by atoms with Gasteiger partial charge in [0.2, 0.25) is 10.0 Å². The van der Waals surface area contributed by atoms with Crippen LogP contribution in [0.2, 0.25) is 0 Å². The first-order valence-electron chi connectivity index (χ1n) is 7.12. The van der Waals surface area contributed by atoms with E-state index >= 15 is 0 Å². The van der Waals surface area contributed by atoms with Crippen LogP contribution in [0.25, 0.3) is 22.4 Å². The Balaban J connectivity index is 2.19. The summed E-state index contributed by atoms with van der Waals surface area (Å²) in [5, 5.41) is 10.7. The van der Waals surface area contributed by atoms with E-state index in [1.807, 2.05) is 5.10 Å². The molecule has 0 radical (unpaired) electrons. The molecule has 0 aliphatic heterocycles. The van der Waals surface area contributed by atoms with Crippen LogP contribution in [0.3, 0.4) is 0 Å². The van der Waals surface area contributed by atoms with Crippen LogP contribution in [0.1, 0.15) is 5.69 Å². The van der Waals surface area contributed by atoms with Crippen molar-refractivity contribution in [1.82, 2.24) is 10.2 Å². The van der Waals surface area contributed by atoms with Crippen LogP contribution in [0, 0.1) is 5.82 Å². The number of nitrogens with two attached hydrogens (primary N) is 1. The van der Waals surface area contributed by atoms with Gasteiger partial charge in [-0.2, -0.15) is 18.3 Å². The topological polar surface area (TPSA) is 88.8 Å². The van der Waals surface area contributed by atoms with Gasteiger partial charge in [0.1, 0.15) is 17.2 Å². The van der Waals surface area contributed by atoms with Crippen LogP contribution in [-0.4, -0.2) is 18.6 Å². The van der Waals surface area contributed by atoms with Crippen LogP contribution in [0.15, 0.2) is 53.4 Å². The number of aromatic nitrogens is 2. The molecule has 0 aliphatic carbocycles. The smallest absolute Gasteiger partial charge is 0.272 e. The number of hydrogen-bond donors (Lipinski definition) is 2. The summed E-state index contributed by atoms with van der Waals surface area (Å²) in [4.78, 5) is -0.184. The molecule has 0 saturated carbocycles. The lowest BCUT2D eigenvalue weighted by Gasteiger charge is -2.09. The van der Waals surface area contributed by atoms with E-state index in [0.29, 0.717) is 0 Å². The molecule has 3 aromatic rings. The molecule has 26 heavy (non-hydrogen) atoms. The Morgan fingerprint density at radius 2 is 1.46 bits per heavy atom. The first kappa shape index (κ1) is 18.1. The van der Waals surface area contributed by atoms with E-state index < -0.39 is 27.7 Å². The molecule has 0 fully saturated rings. The largest absolute Gasteiger partial charge is 0.433 e. The van der Waals surface area contributed by atoms with E-state index in [2.05, 4.69) is 5.10 Å². The molecule has 5 nitrogen and oxygen atoms in total. The predicted octanol–water partition coefficient (Wildman–Crippen LogP) is 3.55. The molecule has 3 rings (SSSR count). The lowest BCUT2D eigenvalue weighted by atomic mass is 9.98. The molecule has 0 saturated heterocycles. The maximum absolute atomic E-state index is 13.3. The van der Waals surface area contributed by atoms with Crippen LogP contribution in [-0.2, 0) is 16.2 Å². The van der Waals surface area contributed by atoms with Gasteiger partial charge in [0.25, 0.3) is 0 Å². The molecule has 0 amide bonds. The summed E-state index contributed by atoms with van der Waals surface area (Å²) in [6.45, 7) is 0. The SMILES string of the molecule is NS(=O)(=O)c1ccc(-c2n[nH]c(C(F)(F)F)c2-c2ccc(F)cc2)cc1. The number of benzene rings is 2. The van der Waals surface area contributed by atoms with Crippen LogP contribution < -0.4 is 5.14 Å². The second kappa shape index (κ2) is 6.22. The third-order valence-electron chi connectivity index (χ3n) is 3.64. The van der Waals surface area contributed by atoms with Gasteiger partial charge in [0.15, 0.2) is 0 Å². The zero-order valence-electron chi connectivity index (χ0n) is 12.9. The maximum Gasteiger partial charge on any atom is 0.433 e. The van der Waals surface area contributed by atoms with Gasteiger partial charge in [0, 0.05) is 11.1 Å². The van der Waals surface area contributed by atoms with E-state index in [-0.39, 0.29) is 27.3 Å². The summed E-state index contributed by atoms with van der Waals surface area (Å²) < 4.78 is 75.7. The zero-order valence-corrected chi connectivity index (χ0v) is 13.7. The Bertz CT molecular complexity index is 1040. The second-order valence-electron chi connectivity index (χ2n) is 5.40. The van der Waals surface area contributed by atoms with Crippen molar-refractivity contribution in [3.05, 3.63) is 60.0 Å². The molecule has 0 bridgehead atoms. The Morgan fingerprint density at radius 3 is 1.96 bits per heavy atom. The fourth-order valence-electron chi connectivity index (χ4n) is 2.46.